The van der Waals surface area contributed by atoms with Gasteiger partial charge in [-0.1, -0.05) is 149 Å². The first-order valence-electron chi connectivity index (χ1n) is 16.3. The van der Waals surface area contributed by atoms with E-state index in [1.165, 1.54) is 160 Å². The molecule has 1 rings (SSSR count). The summed E-state index contributed by atoms with van der Waals surface area (Å²) in [6, 6.07) is 0.623. The summed E-state index contributed by atoms with van der Waals surface area (Å²) in [7, 11) is 0. The molecular weight excluding hydrogens is 424 g/mol. The van der Waals surface area contributed by atoms with Gasteiger partial charge in [-0.3, -0.25) is 0 Å². The second-order valence-electron chi connectivity index (χ2n) is 11.5. The summed E-state index contributed by atoms with van der Waals surface area (Å²) in [6.45, 7) is 9.39. The van der Waals surface area contributed by atoms with Crippen molar-refractivity contribution in [2.75, 3.05) is 0 Å². The van der Waals surface area contributed by atoms with E-state index in [-0.39, 0.29) is 0 Å². The van der Waals surface area contributed by atoms with Gasteiger partial charge in [0.2, 0.25) is 0 Å². The molecule has 0 bridgehead atoms. The third kappa shape index (κ3) is 16.6. The number of hydrogen-bond acceptors (Lipinski definition) is 0. The topological polar surface area (TPSA) is 19.7 Å². The molecule has 0 radical (unpaired) electrons. The fourth-order valence-electron chi connectivity index (χ4n) is 5.71. The van der Waals surface area contributed by atoms with E-state index in [1.54, 1.807) is 0 Å². The third-order valence-corrected chi connectivity index (χ3v) is 8.14. The van der Waals surface area contributed by atoms with Crippen LogP contribution in [-0.2, 0) is 0 Å². The van der Waals surface area contributed by atoms with Crippen molar-refractivity contribution in [1.82, 2.24) is 4.98 Å². The standard InChI is InChI=1S/C33H64N2/c1-5-8-11-13-15-16-17-18-19-20-21-22-24-26-31(4)35-30-29-34-33(35)32(27-10-7-3)28-25-23-14-12-9-6-2/h29-32H,5-28H2,1-4H3/p+1. The normalized spacial score (nSPS) is 13.4. The molecule has 1 heterocycles. The van der Waals surface area contributed by atoms with E-state index in [0.717, 1.165) is 0 Å². The Balaban J connectivity index is 2.24. The molecule has 0 saturated heterocycles. The Labute approximate surface area is 221 Å². The van der Waals surface area contributed by atoms with Gasteiger partial charge in [0, 0.05) is 0 Å². The highest BCUT2D eigenvalue weighted by molar-refractivity contribution is 4.90. The van der Waals surface area contributed by atoms with Crippen LogP contribution in [0.2, 0.25) is 0 Å². The molecule has 0 fully saturated rings. The molecule has 0 aliphatic heterocycles. The molecule has 0 aliphatic carbocycles. The van der Waals surface area contributed by atoms with Crippen LogP contribution in [0.4, 0.5) is 0 Å². The summed E-state index contributed by atoms with van der Waals surface area (Å²) in [4.78, 5) is 3.67. The summed E-state index contributed by atoms with van der Waals surface area (Å²) in [6.07, 6.45) is 38.3. The van der Waals surface area contributed by atoms with Crippen LogP contribution in [-0.4, -0.2) is 4.98 Å². The summed E-state index contributed by atoms with van der Waals surface area (Å²) < 4.78 is 2.60. The van der Waals surface area contributed by atoms with E-state index < -0.39 is 0 Å². The summed E-state index contributed by atoms with van der Waals surface area (Å²) in [5, 5.41) is 0. The number of unbranched alkanes of at least 4 members (excludes halogenated alkanes) is 18. The van der Waals surface area contributed by atoms with Crippen molar-refractivity contribution in [3.63, 3.8) is 0 Å². The Hall–Kier alpha value is -0.790. The van der Waals surface area contributed by atoms with Gasteiger partial charge in [-0.2, -0.15) is 0 Å². The number of nitrogens with zero attached hydrogens (tertiary/aromatic N) is 1. The van der Waals surface area contributed by atoms with Crippen LogP contribution in [0, 0.1) is 0 Å². The van der Waals surface area contributed by atoms with Crippen LogP contribution < -0.4 is 4.57 Å². The Bertz CT molecular complexity index is 549. The Morgan fingerprint density at radius 3 is 1.43 bits per heavy atom. The largest absolute Gasteiger partial charge is 0.257 e. The molecule has 1 aromatic heterocycles. The lowest BCUT2D eigenvalue weighted by molar-refractivity contribution is -0.727. The maximum atomic E-state index is 3.67. The zero-order valence-electron chi connectivity index (χ0n) is 24.7. The van der Waals surface area contributed by atoms with E-state index in [9.17, 15) is 0 Å². The maximum Gasteiger partial charge on any atom is 0.257 e. The molecule has 1 aromatic rings. The fraction of sp³-hybridized carbons (Fsp3) is 0.909. The number of nitrogens with one attached hydrogen (secondary N) is 1. The van der Waals surface area contributed by atoms with Crippen LogP contribution in [0.3, 0.4) is 0 Å². The van der Waals surface area contributed by atoms with Crippen LogP contribution in [0.5, 0.6) is 0 Å². The van der Waals surface area contributed by atoms with Gasteiger partial charge >= 0.3 is 0 Å². The van der Waals surface area contributed by atoms with Crippen molar-refractivity contribution >= 4 is 0 Å². The average molecular weight is 490 g/mol. The first kappa shape index (κ1) is 32.2. The van der Waals surface area contributed by atoms with Crippen molar-refractivity contribution in [1.29, 1.82) is 0 Å². The lowest BCUT2D eigenvalue weighted by Gasteiger charge is -2.17. The van der Waals surface area contributed by atoms with Gasteiger partial charge in [0.05, 0.1) is 12.0 Å². The molecule has 0 amide bonds. The van der Waals surface area contributed by atoms with Crippen LogP contribution >= 0.6 is 0 Å². The molecule has 2 nitrogen and oxygen atoms in total. The number of rotatable bonds is 26. The van der Waals surface area contributed by atoms with Gasteiger partial charge in [-0.05, 0) is 32.6 Å². The van der Waals surface area contributed by atoms with Crippen LogP contribution in [0.1, 0.15) is 200 Å². The molecule has 35 heavy (non-hydrogen) atoms. The van der Waals surface area contributed by atoms with Crippen LogP contribution in [0.15, 0.2) is 12.4 Å². The molecule has 0 aromatic carbocycles. The van der Waals surface area contributed by atoms with E-state index in [2.05, 4.69) is 49.6 Å². The van der Waals surface area contributed by atoms with E-state index in [1.807, 2.05) is 0 Å². The zero-order chi connectivity index (χ0) is 25.4. The molecule has 1 N–H and O–H groups in total. The molecule has 0 aliphatic rings. The maximum absolute atomic E-state index is 3.67. The van der Waals surface area contributed by atoms with Crippen LogP contribution in [0.25, 0.3) is 0 Å². The van der Waals surface area contributed by atoms with Crippen molar-refractivity contribution in [3.05, 3.63) is 18.2 Å². The lowest BCUT2D eigenvalue weighted by atomic mass is 9.93. The highest BCUT2D eigenvalue weighted by atomic mass is 15.1. The van der Waals surface area contributed by atoms with E-state index in [4.69, 9.17) is 0 Å². The lowest BCUT2D eigenvalue weighted by Crippen LogP contribution is -2.41. The number of hydrogen-bond donors (Lipinski definition) is 1. The summed E-state index contributed by atoms with van der Waals surface area (Å²) in [5.74, 6) is 2.22. The summed E-state index contributed by atoms with van der Waals surface area (Å²) >= 11 is 0. The first-order valence-corrected chi connectivity index (χ1v) is 16.3. The fourth-order valence-corrected chi connectivity index (χ4v) is 5.71. The SMILES string of the molecule is CCCCCCCCCCCCCCCC(C)[n+]1cc[nH]c1C(CCCC)CCCCCCCC. The van der Waals surface area contributed by atoms with Gasteiger partial charge < -0.3 is 0 Å². The second-order valence-corrected chi connectivity index (χ2v) is 11.5. The molecular formula is C33H65N2+. The van der Waals surface area contributed by atoms with Gasteiger partial charge in [-0.25, -0.2) is 9.55 Å². The van der Waals surface area contributed by atoms with E-state index in [0.29, 0.717) is 12.0 Å². The average Bonchev–Trinajstić information content (AvgIpc) is 3.36. The number of imidazole rings is 1. The molecule has 206 valence electrons. The van der Waals surface area contributed by atoms with Crippen molar-refractivity contribution < 1.29 is 4.57 Å². The molecule has 0 saturated carbocycles. The first-order chi connectivity index (χ1) is 17.2. The Morgan fingerprint density at radius 1 is 0.543 bits per heavy atom. The van der Waals surface area contributed by atoms with Crippen molar-refractivity contribution in [2.45, 2.75) is 194 Å². The molecule has 0 spiro atoms. The third-order valence-electron chi connectivity index (χ3n) is 8.14. The predicted molar refractivity (Wildman–Crippen MR) is 156 cm³/mol. The summed E-state index contributed by atoms with van der Waals surface area (Å²) in [5.41, 5.74) is 0. The molecule has 2 heteroatoms. The molecule has 2 unspecified atom stereocenters. The minimum absolute atomic E-state index is 0.623. The number of aromatic amines is 1. The van der Waals surface area contributed by atoms with Gasteiger partial charge in [0.15, 0.2) is 0 Å². The van der Waals surface area contributed by atoms with Gasteiger partial charge in [0.25, 0.3) is 5.82 Å². The Kier molecular flexibility index (Phi) is 21.7. The van der Waals surface area contributed by atoms with E-state index >= 15 is 0 Å². The minimum Gasteiger partial charge on any atom is -0.247 e. The minimum atomic E-state index is 0.623. The van der Waals surface area contributed by atoms with Gasteiger partial charge in [0.1, 0.15) is 12.4 Å². The second kappa shape index (κ2) is 23.6. The number of aromatic nitrogens is 2. The molecule has 2 atom stereocenters. The quantitative estimate of drug-likeness (QED) is 0.0985. The smallest absolute Gasteiger partial charge is 0.247 e. The monoisotopic (exact) mass is 490 g/mol. The number of H-pyrrole nitrogens is 1. The van der Waals surface area contributed by atoms with Gasteiger partial charge in [-0.15, -0.1) is 0 Å². The highest BCUT2D eigenvalue weighted by Gasteiger charge is 2.25. The van der Waals surface area contributed by atoms with Crippen molar-refractivity contribution in [3.8, 4) is 0 Å². The zero-order valence-corrected chi connectivity index (χ0v) is 24.7. The predicted octanol–water partition coefficient (Wildman–Crippen LogP) is 11.4. The van der Waals surface area contributed by atoms with Crippen molar-refractivity contribution in [2.24, 2.45) is 0 Å². The highest BCUT2D eigenvalue weighted by Crippen LogP contribution is 2.26. The Morgan fingerprint density at radius 2 is 0.943 bits per heavy atom.